The standard InChI is InChI=1S/C19H16FN3O2S/c20-17-10-15(11-21)7-9-18(17)23-26(24,25)19-13-22-12-16(19)8-6-14-4-2-1-3-5-14/h1-5,7,9-10,12-13,22-23H,6,8H2. The number of rotatable bonds is 6. The molecule has 0 spiro atoms. The number of benzene rings is 2. The molecule has 0 amide bonds. The van der Waals surface area contributed by atoms with Crippen molar-refractivity contribution >= 4 is 15.7 Å². The minimum Gasteiger partial charge on any atom is -0.366 e. The van der Waals surface area contributed by atoms with E-state index in [0.29, 0.717) is 18.4 Å². The first-order valence-electron chi connectivity index (χ1n) is 7.91. The fraction of sp³-hybridized carbons (Fsp3) is 0.105. The van der Waals surface area contributed by atoms with Crippen molar-refractivity contribution in [2.75, 3.05) is 4.72 Å². The van der Waals surface area contributed by atoms with E-state index in [9.17, 15) is 12.8 Å². The molecule has 0 saturated carbocycles. The smallest absolute Gasteiger partial charge is 0.263 e. The predicted octanol–water partition coefficient (Wildman–Crippen LogP) is 3.61. The molecule has 1 heterocycles. The summed E-state index contributed by atoms with van der Waals surface area (Å²) in [6.45, 7) is 0. The zero-order valence-corrected chi connectivity index (χ0v) is 14.6. The fourth-order valence-corrected chi connectivity index (χ4v) is 3.91. The van der Waals surface area contributed by atoms with Crippen LogP contribution in [0.1, 0.15) is 16.7 Å². The lowest BCUT2D eigenvalue weighted by molar-refractivity contribution is 0.597. The number of halogens is 1. The Bertz CT molecular complexity index is 1050. The second kappa shape index (κ2) is 7.42. The Hall–Kier alpha value is -3.11. The summed E-state index contributed by atoms with van der Waals surface area (Å²) in [6.07, 6.45) is 4.23. The van der Waals surface area contributed by atoms with Gasteiger partial charge in [-0.25, -0.2) is 12.8 Å². The highest BCUT2D eigenvalue weighted by Gasteiger charge is 2.21. The molecule has 0 aliphatic carbocycles. The Morgan fingerprint density at radius 1 is 1.08 bits per heavy atom. The number of nitrogens with one attached hydrogen (secondary N) is 2. The van der Waals surface area contributed by atoms with Crippen LogP contribution in [-0.4, -0.2) is 13.4 Å². The number of aryl methyl sites for hydroxylation is 2. The van der Waals surface area contributed by atoms with Crippen LogP contribution >= 0.6 is 0 Å². The van der Waals surface area contributed by atoms with Crippen LogP contribution in [0.5, 0.6) is 0 Å². The first kappa shape index (κ1) is 17.7. The molecular formula is C19H16FN3O2S. The summed E-state index contributed by atoms with van der Waals surface area (Å²) in [5.41, 5.74) is 1.65. The molecular weight excluding hydrogens is 353 g/mol. The second-order valence-corrected chi connectivity index (χ2v) is 7.39. The fourth-order valence-electron chi connectivity index (χ4n) is 2.62. The summed E-state index contributed by atoms with van der Waals surface area (Å²) in [5.74, 6) is -0.797. The van der Waals surface area contributed by atoms with Crippen LogP contribution in [0.15, 0.2) is 65.8 Å². The first-order chi connectivity index (χ1) is 12.5. The SMILES string of the molecule is N#Cc1ccc(NS(=O)(=O)c2c[nH]cc2CCc2ccccc2)c(F)c1. The number of aromatic amines is 1. The molecule has 3 rings (SSSR count). The third-order valence-corrected chi connectivity index (χ3v) is 5.39. The number of H-pyrrole nitrogens is 1. The summed E-state index contributed by atoms with van der Waals surface area (Å²) in [5, 5.41) is 8.77. The Morgan fingerprint density at radius 2 is 1.85 bits per heavy atom. The molecule has 0 aliphatic rings. The van der Waals surface area contributed by atoms with E-state index in [-0.39, 0.29) is 16.1 Å². The van der Waals surface area contributed by atoms with Crippen molar-refractivity contribution < 1.29 is 12.8 Å². The number of sulfonamides is 1. The van der Waals surface area contributed by atoms with Gasteiger partial charge in [-0.3, -0.25) is 4.72 Å². The van der Waals surface area contributed by atoms with Crippen LogP contribution in [-0.2, 0) is 22.9 Å². The number of hydrogen-bond acceptors (Lipinski definition) is 3. The van der Waals surface area contributed by atoms with Crippen LogP contribution in [0.25, 0.3) is 0 Å². The quantitative estimate of drug-likeness (QED) is 0.696. The molecule has 132 valence electrons. The minimum absolute atomic E-state index is 0.0807. The van der Waals surface area contributed by atoms with Gasteiger partial charge in [-0.1, -0.05) is 30.3 Å². The third-order valence-electron chi connectivity index (χ3n) is 3.95. The second-order valence-electron chi connectivity index (χ2n) is 5.74. The molecule has 0 unspecified atom stereocenters. The van der Waals surface area contributed by atoms with Crippen molar-refractivity contribution in [2.24, 2.45) is 0 Å². The van der Waals surface area contributed by atoms with Gasteiger partial charge in [-0.05, 0) is 42.2 Å². The van der Waals surface area contributed by atoms with E-state index < -0.39 is 15.8 Å². The van der Waals surface area contributed by atoms with Gasteiger partial charge >= 0.3 is 0 Å². The molecule has 0 radical (unpaired) electrons. The minimum atomic E-state index is -3.95. The lowest BCUT2D eigenvalue weighted by Crippen LogP contribution is -2.15. The van der Waals surface area contributed by atoms with Crippen LogP contribution in [0.3, 0.4) is 0 Å². The molecule has 2 aromatic carbocycles. The molecule has 3 aromatic rings. The lowest BCUT2D eigenvalue weighted by Gasteiger charge is -2.10. The van der Waals surface area contributed by atoms with Crippen LogP contribution in [0.2, 0.25) is 0 Å². The monoisotopic (exact) mass is 369 g/mol. The van der Waals surface area contributed by atoms with E-state index >= 15 is 0 Å². The number of nitriles is 1. The summed E-state index contributed by atoms with van der Waals surface area (Å²) < 4.78 is 41.5. The third kappa shape index (κ3) is 3.92. The van der Waals surface area contributed by atoms with Gasteiger partial charge in [0.25, 0.3) is 10.0 Å². The maximum Gasteiger partial charge on any atom is 0.263 e. The zero-order chi connectivity index (χ0) is 18.6. The van der Waals surface area contributed by atoms with Gasteiger partial charge < -0.3 is 4.98 Å². The average molecular weight is 369 g/mol. The number of aromatic nitrogens is 1. The summed E-state index contributed by atoms with van der Waals surface area (Å²) >= 11 is 0. The number of anilines is 1. The van der Waals surface area contributed by atoms with Crippen LogP contribution < -0.4 is 4.72 Å². The van der Waals surface area contributed by atoms with Crippen LogP contribution in [0.4, 0.5) is 10.1 Å². The molecule has 0 saturated heterocycles. The van der Waals surface area contributed by atoms with Crippen molar-refractivity contribution in [1.29, 1.82) is 5.26 Å². The normalized spacial score (nSPS) is 11.1. The average Bonchev–Trinajstić information content (AvgIpc) is 3.12. The maximum atomic E-state index is 14.0. The van der Waals surface area contributed by atoms with E-state index in [1.165, 1.54) is 18.3 Å². The van der Waals surface area contributed by atoms with E-state index in [4.69, 9.17) is 5.26 Å². The van der Waals surface area contributed by atoms with Crippen LogP contribution in [0, 0.1) is 17.1 Å². The van der Waals surface area contributed by atoms with Gasteiger partial charge in [0, 0.05) is 12.4 Å². The molecule has 2 N–H and O–H groups in total. The van der Waals surface area contributed by atoms with E-state index in [2.05, 4.69) is 9.71 Å². The van der Waals surface area contributed by atoms with Crippen molar-refractivity contribution in [3.8, 4) is 6.07 Å². The largest absolute Gasteiger partial charge is 0.366 e. The first-order valence-corrected chi connectivity index (χ1v) is 9.40. The van der Waals surface area contributed by atoms with Gasteiger partial charge in [-0.2, -0.15) is 5.26 Å². The molecule has 7 heteroatoms. The predicted molar refractivity (Wildman–Crippen MR) is 96.6 cm³/mol. The van der Waals surface area contributed by atoms with Crippen molar-refractivity contribution in [2.45, 2.75) is 17.7 Å². The van der Waals surface area contributed by atoms with Gasteiger partial charge in [0.1, 0.15) is 10.7 Å². The van der Waals surface area contributed by atoms with E-state index in [1.807, 2.05) is 30.3 Å². The lowest BCUT2D eigenvalue weighted by atomic mass is 10.1. The van der Waals surface area contributed by atoms with Gasteiger partial charge in [0.15, 0.2) is 0 Å². The Kier molecular flexibility index (Phi) is 5.05. The summed E-state index contributed by atoms with van der Waals surface area (Å²) in [6, 6.07) is 15.1. The summed E-state index contributed by atoms with van der Waals surface area (Å²) in [7, 11) is -3.95. The summed E-state index contributed by atoms with van der Waals surface area (Å²) in [4.78, 5) is 2.88. The number of hydrogen-bond donors (Lipinski definition) is 2. The molecule has 0 bridgehead atoms. The highest BCUT2D eigenvalue weighted by atomic mass is 32.2. The molecule has 0 aliphatic heterocycles. The Labute approximate surface area is 151 Å². The molecule has 1 aromatic heterocycles. The van der Waals surface area contributed by atoms with Gasteiger partial charge in [0.05, 0.1) is 17.3 Å². The highest BCUT2D eigenvalue weighted by Crippen LogP contribution is 2.23. The zero-order valence-electron chi connectivity index (χ0n) is 13.7. The van der Waals surface area contributed by atoms with Crippen molar-refractivity contribution in [1.82, 2.24) is 4.98 Å². The van der Waals surface area contributed by atoms with Gasteiger partial charge in [0.2, 0.25) is 0 Å². The molecule has 0 atom stereocenters. The topological polar surface area (TPSA) is 85.8 Å². The van der Waals surface area contributed by atoms with Gasteiger partial charge in [-0.15, -0.1) is 0 Å². The molecule has 5 nitrogen and oxygen atoms in total. The molecule has 26 heavy (non-hydrogen) atoms. The number of nitrogens with zero attached hydrogens (tertiary/aromatic N) is 1. The molecule has 0 fully saturated rings. The Morgan fingerprint density at radius 3 is 2.54 bits per heavy atom. The maximum absolute atomic E-state index is 14.0. The highest BCUT2D eigenvalue weighted by molar-refractivity contribution is 7.92. The van der Waals surface area contributed by atoms with E-state index in [0.717, 1.165) is 11.6 Å². The van der Waals surface area contributed by atoms with Crippen molar-refractivity contribution in [3.05, 3.63) is 83.4 Å². The van der Waals surface area contributed by atoms with E-state index in [1.54, 1.807) is 12.3 Å². The van der Waals surface area contributed by atoms with Crippen molar-refractivity contribution in [3.63, 3.8) is 0 Å². The Balaban J connectivity index is 1.80.